The van der Waals surface area contributed by atoms with Crippen LogP contribution in [0.4, 0.5) is 0 Å². The molecule has 5 nitrogen and oxygen atoms in total. The van der Waals surface area contributed by atoms with Crippen LogP contribution < -0.4 is 10.6 Å². The molecule has 1 aliphatic rings. The van der Waals surface area contributed by atoms with E-state index in [2.05, 4.69) is 5.32 Å². The number of primary amides is 1. The highest BCUT2D eigenvalue weighted by atomic mass is 16.3. The van der Waals surface area contributed by atoms with Crippen molar-refractivity contribution in [3.05, 3.63) is 65.2 Å². The summed E-state index contributed by atoms with van der Waals surface area (Å²) in [4.78, 5) is 24.7. The highest BCUT2D eigenvalue weighted by Crippen LogP contribution is 2.19. The van der Waals surface area contributed by atoms with E-state index in [1.165, 1.54) is 5.32 Å². The molecule has 23 heavy (non-hydrogen) atoms. The zero-order valence-electron chi connectivity index (χ0n) is 12.9. The Bertz CT molecular complexity index is 743. The maximum Gasteiger partial charge on any atom is 0.347 e. The molecule has 1 saturated carbocycles. The average Bonchev–Trinajstić information content (AvgIpc) is 3.27. The summed E-state index contributed by atoms with van der Waals surface area (Å²) in [6.45, 7) is 1.83. The summed E-state index contributed by atoms with van der Waals surface area (Å²) < 4.78 is 5.48. The normalized spacial score (nSPS) is 14.6. The molecule has 1 aromatic heterocycles. The minimum Gasteiger partial charge on any atom is -0.462 e. The van der Waals surface area contributed by atoms with E-state index >= 15 is 0 Å². The van der Waals surface area contributed by atoms with E-state index < -0.39 is 0 Å². The minimum atomic E-state index is -0.245. The number of hydrogen-bond acceptors (Lipinski definition) is 3. The lowest BCUT2D eigenvalue weighted by molar-refractivity contribution is -0.494. The second kappa shape index (κ2) is 6.62. The van der Waals surface area contributed by atoms with Crippen LogP contribution in [0.3, 0.4) is 0 Å². The molecule has 118 valence electrons. The SMILES string of the molecule is Cc1ccc(/C=C(\[NH2+]C(=O)c2ccccc2)C(=O)NC2CC2)o1. The minimum absolute atomic E-state index is 0.203. The second-order valence-corrected chi connectivity index (χ2v) is 5.67. The molecule has 1 aliphatic carbocycles. The number of furan rings is 1. The van der Waals surface area contributed by atoms with Crippen LogP contribution in [0.2, 0.25) is 0 Å². The molecular weight excluding hydrogens is 292 g/mol. The first-order valence-electron chi connectivity index (χ1n) is 7.65. The quantitative estimate of drug-likeness (QED) is 0.824. The molecule has 0 atom stereocenters. The number of quaternary nitrogens is 1. The van der Waals surface area contributed by atoms with Crippen molar-refractivity contribution in [2.24, 2.45) is 0 Å². The number of rotatable bonds is 5. The van der Waals surface area contributed by atoms with Gasteiger partial charge in [0.1, 0.15) is 11.5 Å². The topological polar surface area (TPSA) is 75.9 Å². The molecule has 0 radical (unpaired) electrons. The average molecular weight is 311 g/mol. The van der Waals surface area contributed by atoms with Crippen LogP contribution in [0.1, 0.15) is 34.7 Å². The number of aryl methyl sites for hydroxylation is 1. The van der Waals surface area contributed by atoms with Crippen LogP contribution in [0.15, 0.2) is 52.6 Å². The summed E-state index contributed by atoms with van der Waals surface area (Å²) in [5, 5.41) is 4.27. The Labute approximate surface area is 134 Å². The van der Waals surface area contributed by atoms with E-state index in [4.69, 9.17) is 4.42 Å². The maximum atomic E-state index is 12.4. The van der Waals surface area contributed by atoms with Gasteiger partial charge in [0, 0.05) is 12.1 Å². The van der Waals surface area contributed by atoms with E-state index in [0.29, 0.717) is 17.0 Å². The fourth-order valence-corrected chi connectivity index (χ4v) is 2.18. The Morgan fingerprint density at radius 3 is 2.52 bits per heavy atom. The van der Waals surface area contributed by atoms with Crippen molar-refractivity contribution in [3.63, 3.8) is 0 Å². The van der Waals surface area contributed by atoms with Crippen LogP contribution in [-0.4, -0.2) is 17.9 Å². The van der Waals surface area contributed by atoms with Crippen LogP contribution in [0, 0.1) is 6.92 Å². The second-order valence-electron chi connectivity index (χ2n) is 5.67. The van der Waals surface area contributed by atoms with E-state index in [-0.39, 0.29) is 17.9 Å². The molecule has 0 spiro atoms. The van der Waals surface area contributed by atoms with Crippen molar-refractivity contribution >= 4 is 17.9 Å². The van der Waals surface area contributed by atoms with Gasteiger partial charge in [-0.2, -0.15) is 0 Å². The van der Waals surface area contributed by atoms with E-state index in [1.54, 1.807) is 36.4 Å². The molecule has 0 unspecified atom stereocenters. The number of nitrogens with two attached hydrogens (primary N) is 1. The van der Waals surface area contributed by atoms with Gasteiger partial charge in [0.2, 0.25) is 5.70 Å². The Morgan fingerprint density at radius 1 is 1.17 bits per heavy atom. The molecule has 0 saturated heterocycles. The van der Waals surface area contributed by atoms with Gasteiger partial charge in [-0.15, -0.1) is 0 Å². The first kappa shape index (κ1) is 15.2. The smallest absolute Gasteiger partial charge is 0.347 e. The van der Waals surface area contributed by atoms with Gasteiger partial charge < -0.3 is 9.73 Å². The molecule has 0 aliphatic heterocycles. The van der Waals surface area contributed by atoms with Crippen LogP contribution in [-0.2, 0) is 4.79 Å². The summed E-state index contributed by atoms with van der Waals surface area (Å²) in [6.07, 6.45) is 3.59. The van der Waals surface area contributed by atoms with Crippen molar-refractivity contribution < 1.29 is 19.3 Å². The lowest BCUT2D eigenvalue weighted by atomic mass is 10.2. The van der Waals surface area contributed by atoms with Gasteiger partial charge >= 0.3 is 11.8 Å². The Morgan fingerprint density at radius 2 is 1.91 bits per heavy atom. The summed E-state index contributed by atoms with van der Waals surface area (Å²) in [6, 6.07) is 12.7. The van der Waals surface area contributed by atoms with Crippen molar-refractivity contribution in [3.8, 4) is 0 Å². The van der Waals surface area contributed by atoms with E-state index in [0.717, 1.165) is 18.6 Å². The third kappa shape index (κ3) is 4.17. The van der Waals surface area contributed by atoms with E-state index in [9.17, 15) is 9.59 Å². The Hall–Kier alpha value is -2.66. The van der Waals surface area contributed by atoms with Gasteiger partial charge in [-0.3, -0.25) is 4.79 Å². The Balaban J connectivity index is 1.80. The van der Waals surface area contributed by atoms with Gasteiger partial charge in [0.25, 0.3) is 0 Å². The monoisotopic (exact) mass is 311 g/mol. The molecule has 2 aromatic rings. The zero-order chi connectivity index (χ0) is 16.2. The number of benzene rings is 1. The third-order valence-electron chi connectivity index (χ3n) is 3.58. The van der Waals surface area contributed by atoms with Crippen molar-refractivity contribution in [1.82, 2.24) is 5.32 Å². The number of nitrogens with one attached hydrogen (secondary N) is 1. The van der Waals surface area contributed by atoms with Crippen LogP contribution in [0.5, 0.6) is 0 Å². The molecule has 1 heterocycles. The summed E-state index contributed by atoms with van der Waals surface area (Å²) in [5.41, 5.74) is 0.855. The Kier molecular flexibility index (Phi) is 4.39. The molecule has 0 bridgehead atoms. The van der Waals surface area contributed by atoms with Gasteiger partial charge in [-0.05, 0) is 44.0 Å². The molecule has 1 fully saturated rings. The van der Waals surface area contributed by atoms with Crippen molar-refractivity contribution in [2.75, 3.05) is 0 Å². The predicted octanol–water partition coefficient (Wildman–Crippen LogP) is 1.61. The summed E-state index contributed by atoms with van der Waals surface area (Å²) in [5.74, 6) is 0.866. The largest absolute Gasteiger partial charge is 0.462 e. The van der Waals surface area contributed by atoms with Gasteiger partial charge in [0.05, 0.1) is 5.56 Å². The molecule has 3 rings (SSSR count). The van der Waals surface area contributed by atoms with Gasteiger partial charge in [0.15, 0.2) is 0 Å². The molecular formula is C18H19N2O3+. The molecule has 3 N–H and O–H groups in total. The fourth-order valence-electron chi connectivity index (χ4n) is 2.18. The third-order valence-corrected chi connectivity index (χ3v) is 3.58. The lowest BCUT2D eigenvalue weighted by Gasteiger charge is -2.05. The number of amides is 2. The standard InChI is InChI=1S/C18H18N2O3/c1-12-7-10-15(23-12)11-16(18(22)19-14-8-9-14)20-17(21)13-5-3-2-4-6-13/h2-7,10-11,14H,8-9H2,1H3,(H,19,22)(H,20,21)/p+1/b16-11-. The van der Waals surface area contributed by atoms with Crippen molar-refractivity contribution in [2.45, 2.75) is 25.8 Å². The summed E-state index contributed by atoms with van der Waals surface area (Å²) in [7, 11) is 0. The number of hydrogen-bond donors (Lipinski definition) is 2. The zero-order valence-corrected chi connectivity index (χ0v) is 12.9. The predicted molar refractivity (Wildman–Crippen MR) is 85.3 cm³/mol. The highest BCUT2D eigenvalue weighted by Gasteiger charge is 2.28. The highest BCUT2D eigenvalue weighted by molar-refractivity contribution is 5.98. The van der Waals surface area contributed by atoms with Crippen LogP contribution >= 0.6 is 0 Å². The molecule has 2 amide bonds. The first-order valence-corrected chi connectivity index (χ1v) is 7.65. The molecule has 5 heteroatoms. The first-order chi connectivity index (χ1) is 11.1. The van der Waals surface area contributed by atoms with Crippen molar-refractivity contribution in [1.29, 1.82) is 0 Å². The summed E-state index contributed by atoms with van der Waals surface area (Å²) >= 11 is 0. The molecule has 1 aromatic carbocycles. The van der Waals surface area contributed by atoms with Crippen LogP contribution in [0.25, 0.3) is 6.08 Å². The van der Waals surface area contributed by atoms with E-state index in [1.807, 2.05) is 19.1 Å². The van der Waals surface area contributed by atoms with Gasteiger partial charge in [-0.1, -0.05) is 18.2 Å². The lowest BCUT2D eigenvalue weighted by Crippen LogP contribution is -2.88. The van der Waals surface area contributed by atoms with Gasteiger partial charge in [-0.25, -0.2) is 10.1 Å². The fraction of sp³-hybridized carbons (Fsp3) is 0.222. The maximum absolute atomic E-state index is 12.4. The number of carbonyl (C=O) groups excluding carboxylic acids is 2. The number of carbonyl (C=O) groups is 2.